The van der Waals surface area contributed by atoms with Gasteiger partial charge in [0.1, 0.15) is 23.7 Å². The number of nitrogens with zero attached hydrogens (tertiary/aromatic N) is 3. The molecule has 3 amide bonds. The van der Waals surface area contributed by atoms with Crippen molar-refractivity contribution in [3.63, 3.8) is 0 Å². The molecule has 220 valence electrons. The molecule has 1 aliphatic heterocycles. The number of benzene rings is 3. The Balaban J connectivity index is 1.44. The SMILES string of the molecule is CC(C)CNC(=O)CN1Cc2cccc(OCCCC(=O)N(C)c3ccccc3)c2N=C1NC(=O)Oc1ccccc1. The number of anilines is 1. The van der Waals surface area contributed by atoms with Gasteiger partial charge in [0.2, 0.25) is 17.8 Å². The van der Waals surface area contributed by atoms with Gasteiger partial charge in [-0.3, -0.25) is 14.9 Å². The van der Waals surface area contributed by atoms with Gasteiger partial charge in [0.05, 0.1) is 6.61 Å². The maximum atomic E-state index is 12.7. The van der Waals surface area contributed by atoms with Crippen LogP contribution in [0.25, 0.3) is 0 Å². The third-order valence-electron chi connectivity index (χ3n) is 6.48. The van der Waals surface area contributed by atoms with Crippen LogP contribution in [0.15, 0.2) is 83.9 Å². The number of ether oxygens (including phenoxy) is 2. The lowest BCUT2D eigenvalue weighted by molar-refractivity contribution is -0.121. The van der Waals surface area contributed by atoms with Crippen LogP contribution in [0.1, 0.15) is 32.3 Å². The third kappa shape index (κ3) is 8.57. The van der Waals surface area contributed by atoms with Gasteiger partial charge in [0, 0.05) is 37.8 Å². The number of rotatable bonds is 11. The Morgan fingerprint density at radius 2 is 1.69 bits per heavy atom. The van der Waals surface area contributed by atoms with Crippen LogP contribution in [0, 0.1) is 5.92 Å². The van der Waals surface area contributed by atoms with Crippen molar-refractivity contribution in [2.24, 2.45) is 10.9 Å². The number of para-hydroxylation sites is 3. The summed E-state index contributed by atoms with van der Waals surface area (Å²) in [6.45, 7) is 5.21. The third-order valence-corrected chi connectivity index (χ3v) is 6.48. The van der Waals surface area contributed by atoms with Crippen LogP contribution in [-0.2, 0) is 16.1 Å². The van der Waals surface area contributed by atoms with Gasteiger partial charge in [-0.25, -0.2) is 9.79 Å². The summed E-state index contributed by atoms with van der Waals surface area (Å²) in [6.07, 6.45) is 0.108. The van der Waals surface area contributed by atoms with Crippen LogP contribution in [0.4, 0.5) is 16.2 Å². The topological polar surface area (TPSA) is 113 Å². The standard InChI is InChI=1S/C32H37N5O5/c1-23(2)20-33-28(38)22-37-21-24-12-10-17-27(41-19-11-18-29(39)36(3)25-13-6-4-7-14-25)30(24)34-31(37)35-32(40)42-26-15-8-5-9-16-26/h4-10,12-17,23H,11,18-22H2,1-3H3,(H,33,38)(H,34,35,40). The molecule has 0 bridgehead atoms. The monoisotopic (exact) mass is 571 g/mol. The molecular formula is C32H37N5O5. The van der Waals surface area contributed by atoms with Gasteiger partial charge >= 0.3 is 6.09 Å². The molecule has 0 spiro atoms. The fourth-order valence-electron chi connectivity index (χ4n) is 4.26. The van der Waals surface area contributed by atoms with Crippen LogP contribution < -0.4 is 25.0 Å². The van der Waals surface area contributed by atoms with Crippen LogP contribution in [-0.4, -0.2) is 55.5 Å². The first-order chi connectivity index (χ1) is 20.3. The van der Waals surface area contributed by atoms with E-state index in [4.69, 9.17) is 9.47 Å². The average Bonchev–Trinajstić information content (AvgIpc) is 2.99. The fourth-order valence-corrected chi connectivity index (χ4v) is 4.26. The average molecular weight is 572 g/mol. The zero-order chi connectivity index (χ0) is 29.9. The lowest BCUT2D eigenvalue weighted by Crippen LogP contribution is -2.49. The number of carbonyl (C=O) groups is 3. The minimum absolute atomic E-state index is 0.00125. The zero-order valence-electron chi connectivity index (χ0n) is 24.2. The van der Waals surface area contributed by atoms with Crippen molar-refractivity contribution in [3.05, 3.63) is 84.4 Å². The number of guanidine groups is 1. The maximum Gasteiger partial charge on any atom is 0.419 e. The Morgan fingerprint density at radius 1 is 0.976 bits per heavy atom. The first kappa shape index (κ1) is 30.1. The van der Waals surface area contributed by atoms with E-state index in [1.54, 1.807) is 47.2 Å². The number of hydrogen-bond donors (Lipinski definition) is 2. The second kappa shape index (κ2) is 14.7. The normalized spacial score (nSPS) is 12.2. The van der Waals surface area contributed by atoms with Crippen molar-refractivity contribution in [1.82, 2.24) is 15.5 Å². The van der Waals surface area contributed by atoms with Gasteiger partial charge < -0.3 is 24.6 Å². The molecule has 0 fully saturated rings. The molecule has 10 nitrogen and oxygen atoms in total. The summed E-state index contributed by atoms with van der Waals surface area (Å²) in [6, 6.07) is 23.7. The predicted molar refractivity (Wildman–Crippen MR) is 162 cm³/mol. The van der Waals surface area contributed by atoms with Gasteiger partial charge in [0.25, 0.3) is 0 Å². The molecule has 10 heteroatoms. The lowest BCUT2D eigenvalue weighted by atomic mass is 10.1. The second-order valence-electron chi connectivity index (χ2n) is 10.3. The molecule has 0 saturated carbocycles. The molecule has 1 heterocycles. The van der Waals surface area contributed by atoms with E-state index in [2.05, 4.69) is 15.6 Å². The summed E-state index contributed by atoms with van der Waals surface area (Å²) < 4.78 is 11.4. The van der Waals surface area contributed by atoms with E-state index in [0.717, 1.165) is 11.3 Å². The Hall–Kier alpha value is -4.86. The number of hydrogen-bond acceptors (Lipinski definition) is 7. The Bertz CT molecular complexity index is 1390. The molecule has 0 radical (unpaired) electrons. The highest BCUT2D eigenvalue weighted by atomic mass is 16.6. The van der Waals surface area contributed by atoms with E-state index in [9.17, 15) is 14.4 Å². The summed E-state index contributed by atoms with van der Waals surface area (Å²) in [7, 11) is 1.76. The second-order valence-corrected chi connectivity index (χ2v) is 10.3. The van der Waals surface area contributed by atoms with E-state index in [1.165, 1.54) is 0 Å². The molecule has 0 aliphatic carbocycles. The van der Waals surface area contributed by atoms with Crippen LogP contribution in [0.2, 0.25) is 0 Å². The fraction of sp³-hybridized carbons (Fsp3) is 0.312. The van der Waals surface area contributed by atoms with Gasteiger partial charge in [-0.05, 0) is 42.7 Å². The molecule has 3 aromatic carbocycles. The van der Waals surface area contributed by atoms with E-state index in [-0.39, 0.29) is 24.3 Å². The molecule has 1 aliphatic rings. The number of fused-ring (bicyclic) bond motifs is 1. The molecule has 0 unspecified atom stereocenters. The largest absolute Gasteiger partial charge is 0.491 e. The number of amides is 3. The predicted octanol–water partition coefficient (Wildman–Crippen LogP) is 4.87. The molecule has 0 atom stereocenters. The molecular weight excluding hydrogens is 534 g/mol. The zero-order valence-corrected chi connectivity index (χ0v) is 24.2. The Kier molecular flexibility index (Phi) is 10.5. The Morgan fingerprint density at radius 3 is 2.40 bits per heavy atom. The van der Waals surface area contributed by atoms with Crippen molar-refractivity contribution in [2.45, 2.75) is 33.2 Å². The number of aliphatic imine (C=N–C) groups is 1. The van der Waals surface area contributed by atoms with E-state index in [0.29, 0.717) is 55.6 Å². The number of carbonyl (C=O) groups excluding carboxylic acids is 3. The maximum absolute atomic E-state index is 12.7. The van der Waals surface area contributed by atoms with E-state index >= 15 is 0 Å². The summed E-state index contributed by atoms with van der Waals surface area (Å²) in [4.78, 5) is 46.1. The first-order valence-corrected chi connectivity index (χ1v) is 14.0. The molecule has 4 rings (SSSR count). The smallest absolute Gasteiger partial charge is 0.419 e. The van der Waals surface area contributed by atoms with Crippen molar-refractivity contribution in [1.29, 1.82) is 0 Å². The van der Waals surface area contributed by atoms with Crippen molar-refractivity contribution >= 4 is 35.2 Å². The molecule has 0 aromatic heterocycles. The minimum atomic E-state index is -0.726. The first-order valence-electron chi connectivity index (χ1n) is 14.0. The highest BCUT2D eigenvalue weighted by Gasteiger charge is 2.26. The van der Waals surface area contributed by atoms with E-state index in [1.807, 2.05) is 62.4 Å². The summed E-state index contributed by atoms with van der Waals surface area (Å²) >= 11 is 0. The quantitative estimate of drug-likeness (QED) is 0.318. The summed E-state index contributed by atoms with van der Waals surface area (Å²) in [5, 5.41) is 5.60. The van der Waals surface area contributed by atoms with E-state index < -0.39 is 6.09 Å². The molecule has 0 saturated heterocycles. The minimum Gasteiger partial charge on any atom is -0.491 e. The van der Waals surface area contributed by atoms with Crippen molar-refractivity contribution in [3.8, 4) is 11.5 Å². The lowest BCUT2D eigenvalue weighted by Gasteiger charge is -2.30. The molecule has 42 heavy (non-hydrogen) atoms. The molecule has 2 N–H and O–H groups in total. The van der Waals surface area contributed by atoms with Crippen molar-refractivity contribution < 1.29 is 23.9 Å². The number of nitrogens with one attached hydrogen (secondary N) is 2. The van der Waals surface area contributed by atoms with Crippen LogP contribution in [0.3, 0.4) is 0 Å². The highest BCUT2D eigenvalue weighted by Crippen LogP contribution is 2.35. The van der Waals surface area contributed by atoms with Gasteiger partial charge in [-0.2, -0.15) is 0 Å². The summed E-state index contributed by atoms with van der Waals surface area (Å²) in [5.41, 5.74) is 2.23. The van der Waals surface area contributed by atoms with Gasteiger partial charge in [-0.15, -0.1) is 0 Å². The van der Waals surface area contributed by atoms with Crippen LogP contribution >= 0.6 is 0 Å². The Labute approximate surface area is 246 Å². The van der Waals surface area contributed by atoms with Gasteiger partial charge in [0.15, 0.2) is 0 Å². The van der Waals surface area contributed by atoms with Crippen LogP contribution in [0.5, 0.6) is 11.5 Å². The van der Waals surface area contributed by atoms with Crippen molar-refractivity contribution in [2.75, 3.05) is 31.6 Å². The highest BCUT2D eigenvalue weighted by molar-refractivity contribution is 5.99. The summed E-state index contributed by atoms with van der Waals surface area (Å²) in [5.74, 6) is 1.19. The molecule has 3 aromatic rings. The van der Waals surface area contributed by atoms with Gasteiger partial charge in [-0.1, -0.05) is 62.4 Å².